The summed E-state index contributed by atoms with van der Waals surface area (Å²) in [5, 5.41) is 0. The molecule has 0 amide bonds. The second-order valence-electron chi connectivity index (χ2n) is 6.04. The molecule has 1 saturated carbocycles. The highest BCUT2D eigenvalue weighted by Crippen LogP contribution is 2.41. The molecule has 124 valence electrons. The number of benzene rings is 2. The van der Waals surface area contributed by atoms with Gasteiger partial charge in [-0.1, -0.05) is 30.3 Å². The Morgan fingerprint density at radius 2 is 1.92 bits per heavy atom. The molecule has 6 nitrogen and oxygen atoms in total. The van der Waals surface area contributed by atoms with Crippen molar-refractivity contribution >= 4 is 21.1 Å². The summed E-state index contributed by atoms with van der Waals surface area (Å²) in [5.74, 6) is -0.307. The molecule has 1 N–H and O–H groups in total. The van der Waals surface area contributed by atoms with Gasteiger partial charge in [0.25, 0.3) is 0 Å². The van der Waals surface area contributed by atoms with Crippen molar-refractivity contribution < 1.29 is 12.8 Å². The van der Waals surface area contributed by atoms with Crippen molar-refractivity contribution in [3.63, 3.8) is 0 Å². The molecule has 1 aliphatic rings. The molecule has 1 aromatic heterocycles. The maximum atomic E-state index is 12.6. The summed E-state index contributed by atoms with van der Waals surface area (Å²) in [7, 11) is -2.08. The number of aryl methyl sites for hydroxylation is 1. The van der Waals surface area contributed by atoms with Crippen molar-refractivity contribution in [1.29, 1.82) is 0 Å². The number of rotatable bonds is 4. The third-order valence-electron chi connectivity index (χ3n) is 4.40. The lowest BCUT2D eigenvalue weighted by molar-refractivity contribution is 0.527. The minimum Gasteiger partial charge on any atom is -0.408 e. The van der Waals surface area contributed by atoms with Gasteiger partial charge in [-0.15, -0.1) is 0 Å². The number of nitrogens with one attached hydrogen (secondary N) is 1. The molecule has 0 unspecified atom stereocenters. The summed E-state index contributed by atoms with van der Waals surface area (Å²) < 4.78 is 34.2. The molecule has 0 spiro atoms. The molecular weight excluding hydrogens is 328 g/mol. The van der Waals surface area contributed by atoms with E-state index in [0.717, 1.165) is 12.0 Å². The standard InChI is InChI=1S/C17H16N2O4S/c1-19-15-8-7-12(9-16(15)23-17(19)20)24(21,22)18-14-10-13(14)11-5-3-2-4-6-11/h2-9,13-14,18H,10H2,1H3/t13-,14+/m1/s1. The first-order valence-electron chi connectivity index (χ1n) is 7.62. The van der Waals surface area contributed by atoms with E-state index in [4.69, 9.17) is 4.42 Å². The third kappa shape index (κ3) is 2.55. The molecule has 0 aliphatic heterocycles. The Labute approximate surface area is 138 Å². The van der Waals surface area contributed by atoms with Crippen LogP contribution in [-0.4, -0.2) is 19.0 Å². The molecule has 2 aromatic carbocycles. The number of aromatic nitrogens is 1. The zero-order valence-electron chi connectivity index (χ0n) is 13.0. The molecule has 1 fully saturated rings. The van der Waals surface area contributed by atoms with E-state index in [2.05, 4.69) is 4.72 Å². The summed E-state index contributed by atoms with van der Waals surface area (Å²) in [6, 6.07) is 14.2. The lowest BCUT2D eigenvalue weighted by Gasteiger charge is -2.06. The minimum absolute atomic E-state index is 0.100. The lowest BCUT2D eigenvalue weighted by Crippen LogP contribution is -2.26. The van der Waals surface area contributed by atoms with Gasteiger partial charge in [0.1, 0.15) is 0 Å². The van der Waals surface area contributed by atoms with E-state index in [1.54, 1.807) is 13.1 Å². The van der Waals surface area contributed by atoms with Crippen LogP contribution in [0.4, 0.5) is 0 Å². The Bertz CT molecular complexity index is 1070. The summed E-state index contributed by atoms with van der Waals surface area (Å²) in [6.45, 7) is 0. The van der Waals surface area contributed by atoms with Crippen LogP contribution in [0.15, 0.2) is 62.6 Å². The van der Waals surface area contributed by atoms with E-state index in [0.29, 0.717) is 5.52 Å². The Morgan fingerprint density at radius 1 is 1.17 bits per heavy atom. The Hall–Kier alpha value is -2.38. The van der Waals surface area contributed by atoms with Crippen LogP contribution >= 0.6 is 0 Å². The second kappa shape index (κ2) is 5.32. The predicted octanol–water partition coefficient (Wildman–Crippen LogP) is 1.97. The fourth-order valence-corrected chi connectivity index (χ4v) is 4.25. The van der Waals surface area contributed by atoms with Crippen LogP contribution in [-0.2, 0) is 17.1 Å². The van der Waals surface area contributed by atoms with Gasteiger partial charge in [0.15, 0.2) is 5.58 Å². The van der Waals surface area contributed by atoms with E-state index < -0.39 is 15.8 Å². The topological polar surface area (TPSA) is 81.3 Å². The van der Waals surface area contributed by atoms with E-state index in [1.165, 1.54) is 16.7 Å². The number of hydrogen-bond donors (Lipinski definition) is 1. The average molecular weight is 344 g/mol. The smallest absolute Gasteiger partial charge is 0.408 e. The second-order valence-corrected chi connectivity index (χ2v) is 7.75. The maximum Gasteiger partial charge on any atom is 0.419 e. The van der Waals surface area contributed by atoms with Crippen LogP contribution in [0.25, 0.3) is 11.1 Å². The Morgan fingerprint density at radius 3 is 2.67 bits per heavy atom. The van der Waals surface area contributed by atoms with Gasteiger partial charge >= 0.3 is 5.76 Å². The van der Waals surface area contributed by atoms with E-state index >= 15 is 0 Å². The molecule has 1 aliphatic carbocycles. The van der Waals surface area contributed by atoms with Crippen molar-refractivity contribution in [2.45, 2.75) is 23.3 Å². The van der Waals surface area contributed by atoms with Crippen LogP contribution in [0.5, 0.6) is 0 Å². The monoisotopic (exact) mass is 344 g/mol. The SMILES string of the molecule is Cn1c(=O)oc2cc(S(=O)(=O)N[C@H]3C[C@@H]3c3ccccc3)ccc21. The number of oxazole rings is 1. The zero-order valence-corrected chi connectivity index (χ0v) is 13.8. The Balaban J connectivity index is 1.59. The average Bonchev–Trinajstić information content (AvgIpc) is 3.26. The van der Waals surface area contributed by atoms with Gasteiger partial charge in [-0.3, -0.25) is 4.57 Å². The highest BCUT2D eigenvalue weighted by Gasteiger charge is 2.41. The highest BCUT2D eigenvalue weighted by atomic mass is 32.2. The summed E-state index contributed by atoms with van der Waals surface area (Å²) in [6.07, 6.45) is 0.784. The molecule has 0 saturated heterocycles. The summed E-state index contributed by atoms with van der Waals surface area (Å²) in [4.78, 5) is 11.6. The van der Waals surface area contributed by atoms with E-state index in [-0.39, 0.29) is 22.4 Å². The quantitative estimate of drug-likeness (QED) is 0.784. The van der Waals surface area contributed by atoms with Crippen molar-refractivity contribution in [2.24, 2.45) is 7.05 Å². The van der Waals surface area contributed by atoms with Gasteiger partial charge in [-0.05, 0) is 24.1 Å². The molecular formula is C17H16N2O4S. The largest absolute Gasteiger partial charge is 0.419 e. The van der Waals surface area contributed by atoms with Gasteiger partial charge < -0.3 is 4.42 Å². The molecule has 4 rings (SSSR count). The van der Waals surface area contributed by atoms with E-state index in [9.17, 15) is 13.2 Å². The van der Waals surface area contributed by atoms with Gasteiger partial charge in [-0.25, -0.2) is 17.9 Å². The zero-order chi connectivity index (χ0) is 16.9. The highest BCUT2D eigenvalue weighted by molar-refractivity contribution is 7.89. The van der Waals surface area contributed by atoms with Crippen LogP contribution in [0.3, 0.4) is 0 Å². The third-order valence-corrected chi connectivity index (χ3v) is 5.89. The number of sulfonamides is 1. The van der Waals surface area contributed by atoms with Gasteiger partial charge in [-0.2, -0.15) is 0 Å². The molecule has 3 aromatic rings. The normalized spacial score (nSPS) is 20.4. The van der Waals surface area contributed by atoms with Gasteiger partial charge in [0, 0.05) is 25.1 Å². The summed E-state index contributed by atoms with van der Waals surface area (Å²) >= 11 is 0. The van der Waals surface area contributed by atoms with Crippen LogP contribution in [0.2, 0.25) is 0 Å². The number of nitrogens with zero attached hydrogens (tertiary/aromatic N) is 1. The molecule has 0 radical (unpaired) electrons. The molecule has 7 heteroatoms. The lowest BCUT2D eigenvalue weighted by atomic mass is 10.1. The van der Waals surface area contributed by atoms with E-state index in [1.807, 2.05) is 30.3 Å². The fourth-order valence-electron chi connectivity index (χ4n) is 2.94. The van der Waals surface area contributed by atoms with Crippen molar-refractivity contribution in [3.05, 3.63) is 64.6 Å². The molecule has 24 heavy (non-hydrogen) atoms. The molecule has 0 bridgehead atoms. The van der Waals surface area contributed by atoms with Crippen LogP contribution < -0.4 is 10.5 Å². The number of hydrogen-bond acceptors (Lipinski definition) is 4. The summed E-state index contributed by atoms with van der Waals surface area (Å²) in [5.41, 5.74) is 1.96. The van der Waals surface area contributed by atoms with Gasteiger partial charge in [0.05, 0.1) is 10.4 Å². The number of fused-ring (bicyclic) bond motifs is 1. The Kier molecular flexibility index (Phi) is 3.36. The molecule has 2 atom stereocenters. The first-order chi connectivity index (χ1) is 11.5. The minimum atomic E-state index is -3.65. The van der Waals surface area contributed by atoms with Gasteiger partial charge in [0.2, 0.25) is 10.0 Å². The first-order valence-corrected chi connectivity index (χ1v) is 9.11. The van der Waals surface area contributed by atoms with Crippen molar-refractivity contribution in [2.75, 3.05) is 0 Å². The van der Waals surface area contributed by atoms with Crippen LogP contribution in [0, 0.1) is 0 Å². The van der Waals surface area contributed by atoms with Crippen molar-refractivity contribution in [3.8, 4) is 0 Å². The van der Waals surface area contributed by atoms with Crippen molar-refractivity contribution in [1.82, 2.24) is 9.29 Å². The van der Waals surface area contributed by atoms with Crippen LogP contribution in [0.1, 0.15) is 17.9 Å². The maximum absolute atomic E-state index is 12.6. The predicted molar refractivity (Wildman–Crippen MR) is 89.4 cm³/mol. The molecule has 1 heterocycles. The fraction of sp³-hybridized carbons (Fsp3) is 0.235. The first kappa shape index (κ1) is 15.2.